The Morgan fingerprint density at radius 3 is 2.74 bits per heavy atom. The predicted octanol–water partition coefficient (Wildman–Crippen LogP) is 5.09. The van der Waals surface area contributed by atoms with Gasteiger partial charge in [-0.3, -0.25) is 0 Å². The van der Waals surface area contributed by atoms with Crippen LogP contribution in [0.4, 0.5) is 0 Å². The number of aromatic nitrogens is 2. The van der Waals surface area contributed by atoms with Crippen molar-refractivity contribution in [3.8, 4) is 16.6 Å². The second kappa shape index (κ2) is 7.53. The van der Waals surface area contributed by atoms with Gasteiger partial charge in [-0.25, -0.2) is 9.78 Å². The molecule has 0 aliphatic rings. The van der Waals surface area contributed by atoms with Gasteiger partial charge in [0.2, 0.25) is 0 Å². The zero-order chi connectivity index (χ0) is 19.7. The smallest absolute Gasteiger partial charge is 0.350 e. The van der Waals surface area contributed by atoms with E-state index in [2.05, 4.69) is 29.5 Å². The van der Waals surface area contributed by atoms with Crippen molar-refractivity contribution < 1.29 is 9.53 Å². The largest absolute Gasteiger partial charge is 0.462 e. The molecule has 0 unspecified atom stereocenters. The van der Waals surface area contributed by atoms with Gasteiger partial charge in [0.15, 0.2) is 0 Å². The highest BCUT2D eigenvalue weighted by molar-refractivity contribution is 7.17. The summed E-state index contributed by atoms with van der Waals surface area (Å²) in [6.45, 7) is 11.1. The molecule has 3 rings (SSSR count). The molecule has 0 saturated heterocycles. The van der Waals surface area contributed by atoms with Crippen LogP contribution >= 0.6 is 11.3 Å². The van der Waals surface area contributed by atoms with Crippen LogP contribution in [0.3, 0.4) is 0 Å². The Hall–Kier alpha value is -2.65. The van der Waals surface area contributed by atoms with Crippen LogP contribution in [0.5, 0.6) is 0 Å². The van der Waals surface area contributed by atoms with Gasteiger partial charge in [-0.2, -0.15) is 5.26 Å². The molecule has 2 heterocycles. The summed E-state index contributed by atoms with van der Waals surface area (Å²) in [4.78, 5) is 17.2. The molecular weight excluding hydrogens is 358 g/mol. The number of rotatable bonds is 5. The van der Waals surface area contributed by atoms with E-state index in [9.17, 15) is 10.1 Å². The first-order valence-electron chi connectivity index (χ1n) is 9.05. The van der Waals surface area contributed by atoms with Gasteiger partial charge in [-0.15, -0.1) is 11.3 Å². The standard InChI is InChI=1S/C21H23N3O2S/c1-6-26-21(25)19-13(4)23-20(27-19)15-7-8-18-16(9-15)17(10-22)14(5)24(18)11-12(2)3/h7-9,12H,6,11H2,1-5H3. The van der Waals surface area contributed by atoms with Crippen molar-refractivity contribution >= 4 is 28.2 Å². The average molecular weight is 382 g/mol. The number of hydrogen-bond acceptors (Lipinski definition) is 5. The van der Waals surface area contributed by atoms with Crippen molar-refractivity contribution in [2.45, 2.75) is 41.2 Å². The van der Waals surface area contributed by atoms with E-state index in [0.29, 0.717) is 28.7 Å². The maximum Gasteiger partial charge on any atom is 0.350 e. The van der Waals surface area contributed by atoms with Crippen LogP contribution in [0.2, 0.25) is 0 Å². The fraction of sp³-hybridized carbons (Fsp3) is 0.381. The molecule has 0 fully saturated rings. The van der Waals surface area contributed by atoms with Crippen molar-refractivity contribution in [1.29, 1.82) is 5.26 Å². The minimum absolute atomic E-state index is 0.337. The molecule has 0 spiro atoms. The third kappa shape index (κ3) is 3.47. The van der Waals surface area contributed by atoms with Gasteiger partial charge in [0.05, 0.1) is 17.9 Å². The zero-order valence-electron chi connectivity index (χ0n) is 16.3. The summed E-state index contributed by atoms with van der Waals surface area (Å²) in [6.07, 6.45) is 0. The lowest BCUT2D eigenvalue weighted by Crippen LogP contribution is -2.05. The van der Waals surface area contributed by atoms with Gasteiger partial charge in [0.1, 0.15) is 16.0 Å². The fourth-order valence-electron chi connectivity index (χ4n) is 3.26. The number of carbonyl (C=O) groups excluding carboxylic acids is 1. The van der Waals surface area contributed by atoms with Crippen LogP contribution in [0.15, 0.2) is 18.2 Å². The molecule has 0 amide bonds. The molecule has 0 radical (unpaired) electrons. The maximum atomic E-state index is 12.1. The number of ether oxygens (including phenoxy) is 1. The van der Waals surface area contributed by atoms with Crippen LogP contribution in [0, 0.1) is 31.1 Å². The normalized spacial score (nSPS) is 11.1. The van der Waals surface area contributed by atoms with E-state index < -0.39 is 0 Å². The number of nitrogens with zero attached hydrogens (tertiary/aromatic N) is 3. The Morgan fingerprint density at radius 1 is 1.37 bits per heavy atom. The summed E-state index contributed by atoms with van der Waals surface area (Å²) in [6, 6.07) is 8.41. The molecule has 0 N–H and O–H groups in total. The Morgan fingerprint density at radius 2 is 2.11 bits per heavy atom. The summed E-state index contributed by atoms with van der Waals surface area (Å²) in [5, 5.41) is 11.4. The number of fused-ring (bicyclic) bond motifs is 1. The number of esters is 1. The first-order chi connectivity index (χ1) is 12.9. The van der Waals surface area contributed by atoms with E-state index in [0.717, 1.165) is 33.7 Å². The molecule has 5 nitrogen and oxygen atoms in total. The lowest BCUT2D eigenvalue weighted by Gasteiger charge is -2.11. The number of hydrogen-bond donors (Lipinski definition) is 0. The van der Waals surface area contributed by atoms with E-state index in [-0.39, 0.29) is 5.97 Å². The van der Waals surface area contributed by atoms with Crippen molar-refractivity contribution in [3.05, 3.63) is 40.0 Å². The van der Waals surface area contributed by atoms with Gasteiger partial charge < -0.3 is 9.30 Å². The first-order valence-corrected chi connectivity index (χ1v) is 9.86. The summed E-state index contributed by atoms with van der Waals surface area (Å²) >= 11 is 1.33. The van der Waals surface area contributed by atoms with Gasteiger partial charge in [-0.05, 0) is 44.9 Å². The van der Waals surface area contributed by atoms with E-state index in [1.165, 1.54) is 11.3 Å². The van der Waals surface area contributed by atoms with Gasteiger partial charge in [-0.1, -0.05) is 13.8 Å². The predicted molar refractivity (Wildman–Crippen MR) is 108 cm³/mol. The van der Waals surface area contributed by atoms with Crippen LogP contribution in [-0.4, -0.2) is 22.1 Å². The molecule has 3 aromatic rings. The van der Waals surface area contributed by atoms with Crippen molar-refractivity contribution in [2.24, 2.45) is 5.92 Å². The van der Waals surface area contributed by atoms with Gasteiger partial charge in [0.25, 0.3) is 0 Å². The third-order valence-electron chi connectivity index (χ3n) is 4.49. The molecule has 0 saturated carbocycles. The fourth-order valence-corrected chi connectivity index (χ4v) is 4.22. The number of benzene rings is 1. The average Bonchev–Trinajstić information content (AvgIpc) is 3.13. The minimum Gasteiger partial charge on any atom is -0.462 e. The molecule has 2 aromatic heterocycles. The van der Waals surface area contributed by atoms with Gasteiger partial charge >= 0.3 is 5.97 Å². The Kier molecular flexibility index (Phi) is 5.33. The third-order valence-corrected chi connectivity index (χ3v) is 5.67. The SMILES string of the molecule is CCOC(=O)c1sc(-c2ccc3c(c2)c(C#N)c(C)n3CC(C)C)nc1C. The van der Waals surface area contributed by atoms with E-state index in [4.69, 9.17) is 4.74 Å². The zero-order valence-corrected chi connectivity index (χ0v) is 17.1. The molecule has 0 bridgehead atoms. The summed E-state index contributed by atoms with van der Waals surface area (Å²) in [7, 11) is 0. The van der Waals surface area contributed by atoms with Crippen molar-refractivity contribution in [1.82, 2.24) is 9.55 Å². The van der Waals surface area contributed by atoms with E-state index in [1.54, 1.807) is 6.92 Å². The first kappa shape index (κ1) is 19.1. The Balaban J connectivity index is 2.12. The number of nitriles is 1. The highest BCUT2D eigenvalue weighted by atomic mass is 32.1. The molecule has 0 atom stereocenters. The lowest BCUT2D eigenvalue weighted by molar-refractivity contribution is 0.0531. The second-order valence-corrected chi connectivity index (χ2v) is 7.96. The monoisotopic (exact) mass is 381 g/mol. The summed E-state index contributed by atoms with van der Waals surface area (Å²) in [5.74, 6) is 0.149. The van der Waals surface area contributed by atoms with Crippen LogP contribution in [0.25, 0.3) is 21.5 Å². The van der Waals surface area contributed by atoms with Crippen LogP contribution < -0.4 is 0 Å². The van der Waals surface area contributed by atoms with Crippen LogP contribution in [0.1, 0.15) is 47.4 Å². The lowest BCUT2D eigenvalue weighted by atomic mass is 10.1. The second-order valence-electron chi connectivity index (χ2n) is 6.96. The Bertz CT molecular complexity index is 1050. The number of aryl methyl sites for hydroxylation is 1. The topological polar surface area (TPSA) is 67.9 Å². The van der Waals surface area contributed by atoms with E-state index in [1.807, 2.05) is 32.0 Å². The molecule has 0 aliphatic carbocycles. The number of carbonyl (C=O) groups is 1. The molecule has 1 aromatic carbocycles. The highest BCUT2D eigenvalue weighted by Gasteiger charge is 2.19. The van der Waals surface area contributed by atoms with Gasteiger partial charge in [0, 0.05) is 28.7 Å². The summed E-state index contributed by atoms with van der Waals surface area (Å²) in [5.41, 5.74) is 4.32. The molecule has 0 aliphatic heterocycles. The molecule has 140 valence electrons. The Labute approximate surface area is 163 Å². The molecule has 6 heteroatoms. The van der Waals surface area contributed by atoms with E-state index >= 15 is 0 Å². The summed E-state index contributed by atoms with van der Waals surface area (Å²) < 4.78 is 7.31. The van der Waals surface area contributed by atoms with Crippen LogP contribution in [-0.2, 0) is 11.3 Å². The van der Waals surface area contributed by atoms with Crippen molar-refractivity contribution in [3.63, 3.8) is 0 Å². The molecular formula is C21H23N3O2S. The highest BCUT2D eigenvalue weighted by Crippen LogP contribution is 2.33. The van der Waals surface area contributed by atoms with Crippen molar-refractivity contribution in [2.75, 3.05) is 6.61 Å². The quantitative estimate of drug-likeness (QED) is 0.578. The maximum absolute atomic E-state index is 12.1. The molecule has 27 heavy (non-hydrogen) atoms. The number of thiazole rings is 1. The minimum atomic E-state index is -0.337.